The number of hydroxylamine groups is 2. The molecule has 1 aliphatic rings. The Bertz CT molecular complexity index is 963. The van der Waals surface area contributed by atoms with E-state index < -0.39 is 33.1 Å². The van der Waals surface area contributed by atoms with Crippen molar-refractivity contribution in [2.24, 2.45) is 0 Å². The summed E-state index contributed by atoms with van der Waals surface area (Å²) >= 11 is 0. The number of rotatable bonds is 5. The van der Waals surface area contributed by atoms with Crippen molar-refractivity contribution < 1.29 is 26.4 Å². The number of halogens is 3. The van der Waals surface area contributed by atoms with Crippen LogP contribution in [0.1, 0.15) is 17.2 Å². The number of benzene rings is 2. The minimum Gasteiger partial charge on any atom is -0.378 e. The van der Waals surface area contributed by atoms with Gasteiger partial charge in [-0.15, -0.1) is 0 Å². The topological polar surface area (TPSA) is 61.9 Å². The molecule has 10 heteroatoms. The molecule has 1 heterocycles. The van der Waals surface area contributed by atoms with E-state index in [1.165, 1.54) is 24.2 Å². The maximum absolute atomic E-state index is 13.1. The Morgan fingerprint density at radius 1 is 1.14 bits per heavy atom. The van der Waals surface area contributed by atoms with Crippen LogP contribution in [0.3, 0.4) is 0 Å². The molecule has 1 fully saturated rings. The second-order valence-electron chi connectivity index (χ2n) is 7.04. The number of nitrogens with zero attached hydrogens (tertiary/aromatic N) is 2. The zero-order chi connectivity index (χ0) is 21.4. The van der Waals surface area contributed by atoms with E-state index in [0.717, 1.165) is 17.8 Å². The number of hydrogen-bond donors (Lipinski definition) is 1. The van der Waals surface area contributed by atoms with Crippen molar-refractivity contribution >= 4 is 21.4 Å². The van der Waals surface area contributed by atoms with Gasteiger partial charge in [0.05, 0.1) is 18.2 Å². The Morgan fingerprint density at radius 3 is 2.38 bits per heavy atom. The summed E-state index contributed by atoms with van der Waals surface area (Å²) in [7, 11) is 1.30. The Labute approximate surface area is 167 Å². The Balaban J connectivity index is 1.88. The second-order valence-corrected chi connectivity index (χ2v) is 8.94. The largest absolute Gasteiger partial charge is 0.416 e. The minimum atomic E-state index is -4.52. The predicted molar refractivity (Wildman–Crippen MR) is 105 cm³/mol. The molecule has 0 aliphatic carbocycles. The van der Waals surface area contributed by atoms with Crippen LogP contribution in [0.2, 0.25) is 0 Å². The quantitative estimate of drug-likeness (QED) is 0.788. The first-order valence-electron chi connectivity index (χ1n) is 8.81. The molecule has 2 aromatic carbocycles. The van der Waals surface area contributed by atoms with Crippen LogP contribution in [0, 0.1) is 0 Å². The summed E-state index contributed by atoms with van der Waals surface area (Å²) < 4.78 is 67.7. The average Bonchev–Trinajstić information content (AvgIpc) is 3.04. The minimum absolute atomic E-state index is 0.164. The van der Waals surface area contributed by atoms with Crippen molar-refractivity contribution in [3.05, 3.63) is 59.7 Å². The number of anilines is 2. The monoisotopic (exact) mass is 429 g/mol. The highest BCUT2D eigenvalue weighted by molar-refractivity contribution is 7.93. The molecule has 1 saturated heterocycles. The van der Waals surface area contributed by atoms with Gasteiger partial charge in [0.2, 0.25) is 10.0 Å². The first-order valence-corrected chi connectivity index (χ1v) is 10.4. The van der Waals surface area contributed by atoms with Gasteiger partial charge in [0.1, 0.15) is 5.25 Å². The van der Waals surface area contributed by atoms with E-state index in [-0.39, 0.29) is 12.2 Å². The highest BCUT2D eigenvalue weighted by Crippen LogP contribution is 2.37. The summed E-state index contributed by atoms with van der Waals surface area (Å²) in [6.45, 7) is -0.164. The van der Waals surface area contributed by atoms with Crippen LogP contribution in [-0.2, 0) is 21.0 Å². The van der Waals surface area contributed by atoms with E-state index in [9.17, 15) is 21.6 Å². The first kappa shape index (κ1) is 21.4. The molecule has 2 aromatic rings. The van der Waals surface area contributed by atoms with Gasteiger partial charge in [0, 0.05) is 32.5 Å². The Hall–Kier alpha value is -2.30. The third kappa shape index (κ3) is 4.65. The molecule has 2 unspecified atom stereocenters. The molecule has 0 radical (unpaired) electrons. The van der Waals surface area contributed by atoms with E-state index in [1.807, 2.05) is 19.0 Å². The van der Waals surface area contributed by atoms with Crippen molar-refractivity contribution in [3.63, 3.8) is 0 Å². The van der Waals surface area contributed by atoms with E-state index >= 15 is 0 Å². The fourth-order valence-corrected chi connectivity index (χ4v) is 4.77. The molecule has 1 N–H and O–H groups in total. The fraction of sp³-hybridized carbons (Fsp3) is 0.368. The molecule has 0 saturated carbocycles. The molecule has 0 bridgehead atoms. The Morgan fingerprint density at radius 2 is 1.79 bits per heavy atom. The zero-order valence-corrected chi connectivity index (χ0v) is 17.0. The maximum atomic E-state index is 13.1. The predicted octanol–water partition coefficient (Wildman–Crippen LogP) is 3.50. The van der Waals surface area contributed by atoms with Crippen molar-refractivity contribution in [2.75, 3.05) is 37.4 Å². The van der Waals surface area contributed by atoms with Crippen molar-refractivity contribution in [3.8, 4) is 0 Å². The summed E-state index contributed by atoms with van der Waals surface area (Å²) in [5, 5.41) is 0.207. The summed E-state index contributed by atoms with van der Waals surface area (Å²) in [5.41, 5.74) is 0.656. The summed E-state index contributed by atoms with van der Waals surface area (Å²) in [6.07, 6.45) is -4.52. The van der Waals surface area contributed by atoms with Crippen LogP contribution in [0.5, 0.6) is 0 Å². The molecule has 3 rings (SSSR count). The van der Waals surface area contributed by atoms with Gasteiger partial charge in [-0.05, 0) is 42.0 Å². The zero-order valence-electron chi connectivity index (χ0n) is 16.1. The molecule has 2 atom stereocenters. The maximum Gasteiger partial charge on any atom is 0.416 e. The average molecular weight is 429 g/mol. The second kappa shape index (κ2) is 7.85. The van der Waals surface area contributed by atoms with E-state index in [0.29, 0.717) is 5.69 Å². The van der Waals surface area contributed by atoms with Crippen molar-refractivity contribution in [1.82, 2.24) is 5.06 Å². The molecule has 0 amide bonds. The lowest BCUT2D eigenvalue weighted by Gasteiger charge is -2.24. The van der Waals surface area contributed by atoms with Crippen molar-refractivity contribution in [1.29, 1.82) is 0 Å². The highest BCUT2D eigenvalue weighted by atomic mass is 32.2. The van der Waals surface area contributed by atoms with Gasteiger partial charge in [0.15, 0.2) is 0 Å². The summed E-state index contributed by atoms with van der Waals surface area (Å²) in [6, 6.07) is 10.6. The van der Waals surface area contributed by atoms with E-state index in [4.69, 9.17) is 4.84 Å². The lowest BCUT2D eigenvalue weighted by Crippen LogP contribution is -2.35. The van der Waals surface area contributed by atoms with Crippen LogP contribution < -0.4 is 9.62 Å². The molecule has 158 valence electrons. The van der Waals surface area contributed by atoms with Crippen LogP contribution in [0.4, 0.5) is 24.5 Å². The third-order valence-corrected chi connectivity index (χ3v) is 6.50. The highest BCUT2D eigenvalue weighted by Gasteiger charge is 2.44. The van der Waals surface area contributed by atoms with Crippen LogP contribution in [-0.4, -0.2) is 46.5 Å². The van der Waals surface area contributed by atoms with Crippen LogP contribution in [0.15, 0.2) is 48.5 Å². The number of hydrogen-bond acceptors (Lipinski definition) is 5. The lowest BCUT2D eigenvalue weighted by atomic mass is 10.0. The molecule has 0 spiro atoms. The van der Waals surface area contributed by atoms with Gasteiger partial charge in [-0.2, -0.15) is 18.2 Å². The molecule has 0 aromatic heterocycles. The molecular formula is C19H22F3N3O3S. The van der Waals surface area contributed by atoms with Gasteiger partial charge in [-0.25, -0.2) is 8.42 Å². The van der Waals surface area contributed by atoms with Gasteiger partial charge >= 0.3 is 6.18 Å². The lowest BCUT2D eigenvalue weighted by molar-refractivity contribution is -0.138. The van der Waals surface area contributed by atoms with Gasteiger partial charge in [0.25, 0.3) is 0 Å². The molecule has 6 nitrogen and oxygen atoms in total. The number of sulfonamides is 1. The standard InChI is InChI=1S/C19H22F3N3O3S/c1-24(2)16-9-7-15(8-10-16)23-29(26,27)17-12-28-25(3)18(17)13-5-4-6-14(11-13)19(20,21)22/h4-11,17-18,23H,12H2,1-3H3. The van der Waals surface area contributed by atoms with Crippen LogP contribution in [0.25, 0.3) is 0 Å². The number of alkyl halides is 3. The first-order chi connectivity index (χ1) is 13.5. The summed E-state index contributed by atoms with van der Waals surface area (Å²) in [5.74, 6) is 0. The van der Waals surface area contributed by atoms with E-state index in [2.05, 4.69) is 4.72 Å². The third-order valence-electron chi connectivity index (χ3n) is 4.78. The SMILES string of the molecule is CN(C)c1ccc(NS(=O)(=O)C2CON(C)C2c2cccc(C(F)(F)F)c2)cc1. The number of nitrogens with one attached hydrogen (secondary N) is 1. The van der Waals surface area contributed by atoms with Crippen molar-refractivity contribution in [2.45, 2.75) is 17.5 Å². The smallest absolute Gasteiger partial charge is 0.378 e. The van der Waals surface area contributed by atoms with Gasteiger partial charge in [-0.1, -0.05) is 12.1 Å². The van der Waals surface area contributed by atoms with Gasteiger partial charge < -0.3 is 4.90 Å². The Kier molecular flexibility index (Phi) is 5.79. The van der Waals surface area contributed by atoms with Crippen LogP contribution >= 0.6 is 0 Å². The molecule has 1 aliphatic heterocycles. The summed E-state index contributed by atoms with van der Waals surface area (Å²) in [4.78, 5) is 7.24. The van der Waals surface area contributed by atoms with E-state index in [1.54, 1.807) is 24.3 Å². The van der Waals surface area contributed by atoms with Gasteiger partial charge in [-0.3, -0.25) is 9.56 Å². The molecule has 29 heavy (non-hydrogen) atoms. The normalized spacial score (nSPS) is 20.6. The molecular weight excluding hydrogens is 407 g/mol. The fourth-order valence-electron chi connectivity index (χ4n) is 3.25.